The summed E-state index contributed by atoms with van der Waals surface area (Å²) in [6, 6.07) is 9.68. The number of hydrogen-bond acceptors (Lipinski definition) is 3. The summed E-state index contributed by atoms with van der Waals surface area (Å²) in [6.45, 7) is 2.25. The molecule has 2 N–H and O–H groups in total. The quantitative estimate of drug-likeness (QED) is 0.644. The summed E-state index contributed by atoms with van der Waals surface area (Å²) >= 11 is 0. The third-order valence-electron chi connectivity index (χ3n) is 2.28. The number of carboxylic acids is 1. The molecule has 17 heavy (non-hydrogen) atoms. The predicted octanol–water partition coefficient (Wildman–Crippen LogP) is 1.91. The van der Waals surface area contributed by atoms with E-state index < -0.39 is 5.97 Å². The van der Waals surface area contributed by atoms with Gasteiger partial charge in [0, 0.05) is 13.0 Å². The molecule has 0 radical (unpaired) electrons. The summed E-state index contributed by atoms with van der Waals surface area (Å²) in [5, 5.41) is 11.7. The molecular formula is C13H19NO3. The van der Waals surface area contributed by atoms with Gasteiger partial charge in [0.2, 0.25) is 0 Å². The van der Waals surface area contributed by atoms with E-state index in [-0.39, 0.29) is 6.42 Å². The van der Waals surface area contributed by atoms with Gasteiger partial charge in [-0.1, -0.05) is 18.2 Å². The van der Waals surface area contributed by atoms with Crippen molar-refractivity contribution in [1.29, 1.82) is 0 Å². The van der Waals surface area contributed by atoms with Crippen LogP contribution in [0.25, 0.3) is 0 Å². The van der Waals surface area contributed by atoms with Crippen LogP contribution in [0.3, 0.4) is 0 Å². The number of para-hydroxylation sites is 1. The molecule has 0 amide bonds. The lowest BCUT2D eigenvalue weighted by atomic mass is 10.2. The largest absolute Gasteiger partial charge is 0.492 e. The van der Waals surface area contributed by atoms with E-state index >= 15 is 0 Å². The average molecular weight is 237 g/mol. The number of hydrogen-bond donors (Lipinski definition) is 2. The van der Waals surface area contributed by atoms with Crippen molar-refractivity contribution in [3.05, 3.63) is 30.3 Å². The molecule has 0 heterocycles. The number of aliphatic carboxylic acids is 1. The Kier molecular flexibility index (Phi) is 6.82. The highest BCUT2D eigenvalue weighted by Crippen LogP contribution is 2.07. The summed E-state index contributed by atoms with van der Waals surface area (Å²) in [5.74, 6) is 0.151. The summed E-state index contributed by atoms with van der Waals surface area (Å²) in [5.41, 5.74) is 0. The minimum atomic E-state index is -0.725. The zero-order valence-electron chi connectivity index (χ0n) is 9.89. The van der Waals surface area contributed by atoms with E-state index in [4.69, 9.17) is 9.84 Å². The van der Waals surface area contributed by atoms with E-state index in [9.17, 15) is 4.79 Å². The van der Waals surface area contributed by atoms with Crippen molar-refractivity contribution >= 4 is 5.97 Å². The smallest absolute Gasteiger partial charge is 0.303 e. The fourth-order valence-corrected chi connectivity index (χ4v) is 1.41. The molecular weight excluding hydrogens is 218 g/mol. The molecule has 0 spiro atoms. The number of carbonyl (C=O) groups is 1. The van der Waals surface area contributed by atoms with Crippen LogP contribution in [0.15, 0.2) is 30.3 Å². The van der Waals surface area contributed by atoms with Crippen LogP contribution in [0.5, 0.6) is 5.75 Å². The van der Waals surface area contributed by atoms with Gasteiger partial charge in [-0.2, -0.15) is 0 Å². The first-order valence-electron chi connectivity index (χ1n) is 5.89. The van der Waals surface area contributed by atoms with Crippen molar-refractivity contribution in [2.24, 2.45) is 0 Å². The molecule has 0 saturated carbocycles. The first-order chi connectivity index (χ1) is 8.29. The Hall–Kier alpha value is -1.55. The predicted molar refractivity (Wildman–Crippen MR) is 66.3 cm³/mol. The topological polar surface area (TPSA) is 58.6 Å². The second-order valence-corrected chi connectivity index (χ2v) is 3.76. The molecule has 4 nitrogen and oxygen atoms in total. The highest BCUT2D eigenvalue weighted by Gasteiger charge is 1.96. The molecule has 1 aromatic rings. The number of benzene rings is 1. The van der Waals surface area contributed by atoms with Gasteiger partial charge in [0.25, 0.3) is 0 Å². The molecule has 0 aliphatic heterocycles. The van der Waals surface area contributed by atoms with E-state index in [1.807, 2.05) is 30.3 Å². The van der Waals surface area contributed by atoms with Crippen molar-refractivity contribution in [3.63, 3.8) is 0 Å². The SMILES string of the molecule is O=C(O)CCCCNCCOc1ccccc1. The fraction of sp³-hybridized carbons (Fsp3) is 0.462. The first kappa shape index (κ1) is 13.5. The van der Waals surface area contributed by atoms with Crippen LogP contribution in [0, 0.1) is 0 Å². The molecule has 4 heteroatoms. The normalized spacial score (nSPS) is 10.1. The lowest BCUT2D eigenvalue weighted by molar-refractivity contribution is -0.137. The molecule has 0 aliphatic rings. The average Bonchev–Trinajstić information content (AvgIpc) is 2.33. The van der Waals surface area contributed by atoms with Gasteiger partial charge < -0.3 is 15.2 Å². The zero-order valence-corrected chi connectivity index (χ0v) is 9.89. The van der Waals surface area contributed by atoms with E-state index in [0.717, 1.165) is 31.7 Å². The van der Waals surface area contributed by atoms with E-state index in [1.54, 1.807) is 0 Å². The van der Waals surface area contributed by atoms with Gasteiger partial charge in [-0.05, 0) is 31.5 Å². The number of carboxylic acid groups (broad SMARTS) is 1. The minimum absolute atomic E-state index is 0.252. The van der Waals surface area contributed by atoms with Gasteiger partial charge in [0.05, 0.1) is 0 Å². The number of nitrogens with one attached hydrogen (secondary N) is 1. The van der Waals surface area contributed by atoms with Gasteiger partial charge in [-0.15, -0.1) is 0 Å². The van der Waals surface area contributed by atoms with Crippen LogP contribution in [0.4, 0.5) is 0 Å². The van der Waals surface area contributed by atoms with Crippen molar-refractivity contribution in [2.45, 2.75) is 19.3 Å². The molecule has 0 aromatic heterocycles. The molecule has 0 aliphatic carbocycles. The molecule has 1 rings (SSSR count). The number of rotatable bonds is 9. The van der Waals surface area contributed by atoms with Crippen LogP contribution >= 0.6 is 0 Å². The third-order valence-corrected chi connectivity index (χ3v) is 2.28. The second-order valence-electron chi connectivity index (χ2n) is 3.76. The monoisotopic (exact) mass is 237 g/mol. The van der Waals surface area contributed by atoms with Crippen LogP contribution in [-0.2, 0) is 4.79 Å². The molecule has 0 unspecified atom stereocenters. The Morgan fingerprint density at radius 1 is 1.18 bits per heavy atom. The summed E-state index contributed by atoms with van der Waals surface area (Å²) in [6.07, 6.45) is 1.86. The van der Waals surface area contributed by atoms with Gasteiger partial charge in [0.15, 0.2) is 0 Å². The Balaban J connectivity index is 1.90. The summed E-state index contributed by atoms with van der Waals surface area (Å²) < 4.78 is 5.49. The van der Waals surface area contributed by atoms with Crippen LogP contribution < -0.4 is 10.1 Å². The first-order valence-corrected chi connectivity index (χ1v) is 5.89. The Labute approximate surface area is 102 Å². The van der Waals surface area contributed by atoms with Crippen molar-refractivity contribution in [2.75, 3.05) is 19.7 Å². The lowest BCUT2D eigenvalue weighted by Gasteiger charge is -2.06. The van der Waals surface area contributed by atoms with Crippen LogP contribution in [0.1, 0.15) is 19.3 Å². The fourth-order valence-electron chi connectivity index (χ4n) is 1.41. The van der Waals surface area contributed by atoms with Crippen molar-refractivity contribution in [3.8, 4) is 5.75 Å². The molecule has 94 valence electrons. The number of unbranched alkanes of at least 4 members (excludes halogenated alkanes) is 1. The van der Waals surface area contributed by atoms with Gasteiger partial charge >= 0.3 is 5.97 Å². The lowest BCUT2D eigenvalue weighted by Crippen LogP contribution is -2.22. The Morgan fingerprint density at radius 3 is 2.65 bits per heavy atom. The van der Waals surface area contributed by atoms with Gasteiger partial charge in [0.1, 0.15) is 12.4 Å². The maximum atomic E-state index is 10.3. The van der Waals surface area contributed by atoms with E-state index in [1.165, 1.54) is 0 Å². The van der Waals surface area contributed by atoms with E-state index in [2.05, 4.69) is 5.32 Å². The van der Waals surface area contributed by atoms with Crippen LogP contribution in [0.2, 0.25) is 0 Å². The van der Waals surface area contributed by atoms with Gasteiger partial charge in [-0.25, -0.2) is 0 Å². The highest BCUT2D eigenvalue weighted by atomic mass is 16.5. The molecule has 0 fully saturated rings. The Morgan fingerprint density at radius 2 is 1.94 bits per heavy atom. The molecule has 0 atom stereocenters. The maximum Gasteiger partial charge on any atom is 0.303 e. The Bertz CT molecular complexity index is 314. The maximum absolute atomic E-state index is 10.3. The molecule has 1 aromatic carbocycles. The molecule has 0 saturated heterocycles. The van der Waals surface area contributed by atoms with Crippen molar-refractivity contribution < 1.29 is 14.6 Å². The number of ether oxygens (including phenoxy) is 1. The van der Waals surface area contributed by atoms with Gasteiger partial charge in [-0.3, -0.25) is 4.79 Å². The highest BCUT2D eigenvalue weighted by molar-refractivity contribution is 5.66. The minimum Gasteiger partial charge on any atom is -0.492 e. The standard InChI is InChI=1S/C13H19NO3/c15-13(16)8-4-5-9-14-10-11-17-12-6-2-1-3-7-12/h1-3,6-7,14H,4-5,8-11H2,(H,15,16). The molecule has 0 bridgehead atoms. The summed E-state index contributed by atoms with van der Waals surface area (Å²) in [7, 11) is 0. The van der Waals surface area contributed by atoms with E-state index in [0.29, 0.717) is 6.61 Å². The zero-order chi connectivity index (χ0) is 12.3. The third kappa shape index (κ3) is 7.36. The van der Waals surface area contributed by atoms with Crippen LogP contribution in [-0.4, -0.2) is 30.8 Å². The summed E-state index contributed by atoms with van der Waals surface area (Å²) in [4.78, 5) is 10.3. The van der Waals surface area contributed by atoms with Crippen molar-refractivity contribution in [1.82, 2.24) is 5.32 Å². The second kappa shape index (κ2) is 8.58.